The van der Waals surface area contributed by atoms with Gasteiger partial charge in [-0.3, -0.25) is 9.59 Å². The molecule has 0 fully saturated rings. The first kappa shape index (κ1) is 56.3. The van der Waals surface area contributed by atoms with Crippen LogP contribution in [0.5, 0.6) is 0 Å². The summed E-state index contributed by atoms with van der Waals surface area (Å²) in [6.45, 7) is 4.86. The van der Waals surface area contributed by atoms with Crippen LogP contribution < -0.4 is 5.32 Å². The number of esters is 1. The lowest BCUT2D eigenvalue weighted by molar-refractivity contribution is -0.143. The molecule has 0 saturated carbocycles. The van der Waals surface area contributed by atoms with Crippen LogP contribution in [0.1, 0.15) is 271 Å². The molecule has 6 heteroatoms. The predicted molar refractivity (Wildman–Crippen MR) is 250 cm³/mol. The van der Waals surface area contributed by atoms with E-state index in [9.17, 15) is 19.8 Å². The summed E-state index contributed by atoms with van der Waals surface area (Å²) in [6, 6.07) is -0.635. The molecule has 0 aromatic rings. The van der Waals surface area contributed by atoms with Crippen LogP contribution in [-0.4, -0.2) is 47.4 Å². The predicted octanol–water partition coefficient (Wildman–Crippen LogP) is 15.1. The number of hydrogen-bond acceptors (Lipinski definition) is 5. The second kappa shape index (κ2) is 48.0. The Morgan fingerprint density at radius 2 is 0.810 bits per heavy atom. The van der Waals surface area contributed by atoms with Gasteiger partial charge in [0.05, 0.1) is 25.4 Å². The molecule has 0 saturated heterocycles. The second-order valence-electron chi connectivity index (χ2n) is 17.5. The Kier molecular flexibility index (Phi) is 46.6. The molecule has 0 rings (SSSR count). The first-order chi connectivity index (χ1) is 28.5. The molecule has 3 N–H and O–H groups in total. The van der Waals surface area contributed by atoms with Crippen molar-refractivity contribution in [1.29, 1.82) is 0 Å². The first-order valence-corrected chi connectivity index (χ1v) is 25.6. The average Bonchev–Trinajstić information content (AvgIpc) is 3.22. The van der Waals surface area contributed by atoms with Crippen LogP contribution in [0.3, 0.4) is 0 Å². The number of unbranched alkanes of at least 4 members (excludes halogenated alkanes) is 34. The van der Waals surface area contributed by atoms with Crippen LogP contribution in [0.15, 0.2) is 24.3 Å². The number of aliphatic hydroxyl groups is 2. The van der Waals surface area contributed by atoms with E-state index in [-0.39, 0.29) is 18.5 Å². The molecule has 0 aromatic heterocycles. The SMILES string of the molecule is CCCCCCCCC/C=C/C(O)C(CO)NC(=O)CCCCCCC/C=C\CCCCCCCCCCCOC(=O)CCCCCCCCCCCCCCCC. The van der Waals surface area contributed by atoms with E-state index in [0.717, 1.165) is 57.8 Å². The number of rotatable bonds is 47. The molecule has 0 aliphatic carbocycles. The lowest BCUT2D eigenvalue weighted by Crippen LogP contribution is -2.45. The van der Waals surface area contributed by atoms with Crippen molar-refractivity contribution in [3.05, 3.63) is 24.3 Å². The summed E-state index contributed by atoms with van der Waals surface area (Å²) in [6.07, 6.45) is 56.2. The van der Waals surface area contributed by atoms with Crippen molar-refractivity contribution in [2.75, 3.05) is 13.2 Å². The molecule has 342 valence electrons. The van der Waals surface area contributed by atoms with Crippen LogP contribution in [0, 0.1) is 0 Å². The van der Waals surface area contributed by atoms with Gasteiger partial charge in [0.1, 0.15) is 0 Å². The number of hydrogen-bond donors (Lipinski definition) is 3. The fourth-order valence-corrected chi connectivity index (χ4v) is 7.74. The topological polar surface area (TPSA) is 95.9 Å². The monoisotopic (exact) mass is 818 g/mol. The van der Waals surface area contributed by atoms with Crippen molar-refractivity contribution in [1.82, 2.24) is 5.32 Å². The van der Waals surface area contributed by atoms with Crippen LogP contribution in [0.2, 0.25) is 0 Å². The Labute approximate surface area is 361 Å². The Balaban J connectivity index is 3.44. The quantitative estimate of drug-likeness (QED) is 0.0323. The Morgan fingerprint density at radius 3 is 1.22 bits per heavy atom. The number of allylic oxidation sites excluding steroid dienone is 3. The maximum absolute atomic E-state index is 12.4. The van der Waals surface area contributed by atoms with E-state index in [1.54, 1.807) is 6.08 Å². The number of nitrogens with one attached hydrogen (secondary N) is 1. The standard InChI is InChI=1S/C52H99NO5/c1-3-5-7-9-11-13-14-15-23-26-30-34-38-42-46-52(57)58-47-43-39-35-31-27-24-21-19-17-16-18-20-22-25-29-33-37-41-45-51(56)53-49(48-54)50(55)44-40-36-32-28-12-10-8-6-4-2/h18,20,40,44,49-50,54-55H,3-17,19,21-39,41-43,45-48H2,1-2H3,(H,53,56)/b20-18-,44-40+. The molecule has 58 heavy (non-hydrogen) atoms. The lowest BCUT2D eigenvalue weighted by atomic mass is 10.0. The van der Waals surface area contributed by atoms with Gasteiger partial charge in [0.2, 0.25) is 5.91 Å². The van der Waals surface area contributed by atoms with Crippen LogP contribution in [0.4, 0.5) is 0 Å². The van der Waals surface area contributed by atoms with Crippen molar-refractivity contribution < 1.29 is 24.5 Å². The van der Waals surface area contributed by atoms with Crippen molar-refractivity contribution in [2.24, 2.45) is 0 Å². The second-order valence-corrected chi connectivity index (χ2v) is 17.5. The zero-order chi connectivity index (χ0) is 42.3. The van der Waals surface area contributed by atoms with Crippen molar-refractivity contribution >= 4 is 11.9 Å². The smallest absolute Gasteiger partial charge is 0.305 e. The minimum Gasteiger partial charge on any atom is -0.466 e. The summed E-state index contributed by atoms with van der Waals surface area (Å²) in [5.41, 5.74) is 0. The van der Waals surface area contributed by atoms with Gasteiger partial charge in [-0.05, 0) is 57.8 Å². The van der Waals surface area contributed by atoms with Gasteiger partial charge in [-0.25, -0.2) is 0 Å². The number of carbonyl (C=O) groups is 2. The van der Waals surface area contributed by atoms with Gasteiger partial charge in [0.15, 0.2) is 0 Å². The molecule has 0 aromatic carbocycles. The zero-order valence-corrected chi connectivity index (χ0v) is 38.8. The fourth-order valence-electron chi connectivity index (χ4n) is 7.74. The third-order valence-corrected chi connectivity index (χ3v) is 11.7. The lowest BCUT2D eigenvalue weighted by Gasteiger charge is -2.20. The molecule has 0 spiro atoms. The van der Waals surface area contributed by atoms with Crippen molar-refractivity contribution in [2.45, 2.75) is 283 Å². The molecule has 0 heterocycles. The van der Waals surface area contributed by atoms with Crippen LogP contribution in [-0.2, 0) is 14.3 Å². The van der Waals surface area contributed by atoms with Gasteiger partial charge in [-0.1, -0.05) is 224 Å². The normalized spacial score (nSPS) is 12.8. The number of carbonyl (C=O) groups excluding carboxylic acids is 2. The summed E-state index contributed by atoms with van der Waals surface area (Å²) in [5.74, 6) is -0.0816. The van der Waals surface area contributed by atoms with Crippen molar-refractivity contribution in [3.63, 3.8) is 0 Å². The minimum absolute atomic E-state index is 0.00371. The molecular weight excluding hydrogens is 719 g/mol. The Hall–Kier alpha value is -1.66. The molecule has 6 nitrogen and oxygen atoms in total. The van der Waals surface area contributed by atoms with E-state index >= 15 is 0 Å². The van der Waals surface area contributed by atoms with E-state index in [2.05, 4.69) is 31.3 Å². The molecule has 2 unspecified atom stereocenters. The molecular formula is C52H99NO5. The summed E-state index contributed by atoms with van der Waals surface area (Å²) in [7, 11) is 0. The molecule has 0 bridgehead atoms. The van der Waals surface area contributed by atoms with Gasteiger partial charge >= 0.3 is 5.97 Å². The van der Waals surface area contributed by atoms with E-state index < -0.39 is 12.1 Å². The fraction of sp³-hybridized carbons (Fsp3) is 0.885. The van der Waals surface area contributed by atoms with E-state index in [1.807, 2.05) is 6.08 Å². The zero-order valence-electron chi connectivity index (χ0n) is 38.8. The molecule has 0 radical (unpaired) electrons. The largest absolute Gasteiger partial charge is 0.466 e. The highest BCUT2D eigenvalue weighted by Gasteiger charge is 2.18. The third kappa shape index (κ3) is 43.9. The van der Waals surface area contributed by atoms with Gasteiger partial charge in [0, 0.05) is 12.8 Å². The summed E-state index contributed by atoms with van der Waals surface area (Å²) >= 11 is 0. The Bertz CT molecular complexity index is 904. The Morgan fingerprint density at radius 1 is 0.466 bits per heavy atom. The average molecular weight is 818 g/mol. The third-order valence-electron chi connectivity index (χ3n) is 11.7. The van der Waals surface area contributed by atoms with Crippen molar-refractivity contribution in [3.8, 4) is 0 Å². The minimum atomic E-state index is -0.850. The maximum atomic E-state index is 12.4. The first-order valence-electron chi connectivity index (χ1n) is 25.6. The summed E-state index contributed by atoms with van der Waals surface area (Å²) < 4.78 is 5.46. The molecule has 0 aliphatic heterocycles. The van der Waals surface area contributed by atoms with Gasteiger partial charge in [0.25, 0.3) is 0 Å². The highest BCUT2D eigenvalue weighted by atomic mass is 16.5. The van der Waals surface area contributed by atoms with E-state index in [4.69, 9.17) is 4.74 Å². The van der Waals surface area contributed by atoms with Gasteiger partial charge in [-0.2, -0.15) is 0 Å². The number of aliphatic hydroxyl groups excluding tert-OH is 2. The molecule has 2 atom stereocenters. The molecule has 0 aliphatic rings. The summed E-state index contributed by atoms with van der Waals surface area (Å²) in [4.78, 5) is 24.4. The number of ether oxygens (including phenoxy) is 1. The molecule has 1 amide bonds. The highest BCUT2D eigenvalue weighted by Crippen LogP contribution is 2.15. The maximum Gasteiger partial charge on any atom is 0.305 e. The van der Waals surface area contributed by atoms with Gasteiger partial charge < -0.3 is 20.3 Å². The van der Waals surface area contributed by atoms with E-state index in [0.29, 0.717) is 19.4 Å². The van der Waals surface area contributed by atoms with Gasteiger partial charge in [-0.15, -0.1) is 0 Å². The van der Waals surface area contributed by atoms with E-state index in [1.165, 1.54) is 186 Å². The number of amides is 1. The van der Waals surface area contributed by atoms with Crippen LogP contribution in [0.25, 0.3) is 0 Å². The summed E-state index contributed by atoms with van der Waals surface area (Å²) in [5, 5.41) is 22.9. The van der Waals surface area contributed by atoms with Crippen LogP contribution >= 0.6 is 0 Å². The highest BCUT2D eigenvalue weighted by molar-refractivity contribution is 5.76.